The molecule has 3 rings (SSSR count). The summed E-state index contributed by atoms with van der Waals surface area (Å²) in [6.45, 7) is 6.60. The van der Waals surface area contributed by atoms with Crippen molar-refractivity contribution in [2.45, 2.75) is 37.6 Å². The summed E-state index contributed by atoms with van der Waals surface area (Å²) in [4.78, 5) is 12.6. The molecule has 0 radical (unpaired) electrons. The molecule has 2 aliphatic rings. The molecule has 2 aliphatic heterocycles. The van der Waals surface area contributed by atoms with Crippen LogP contribution in [0.4, 0.5) is 0 Å². The second kappa shape index (κ2) is 7.43. The molecule has 2 heterocycles. The summed E-state index contributed by atoms with van der Waals surface area (Å²) < 4.78 is 26.9. The molecule has 1 atom stereocenters. The van der Waals surface area contributed by atoms with Gasteiger partial charge >= 0.3 is 0 Å². The summed E-state index contributed by atoms with van der Waals surface area (Å²) in [6.07, 6.45) is 1.32. The minimum atomic E-state index is -3.44. The summed E-state index contributed by atoms with van der Waals surface area (Å²) in [6, 6.07) is 7.01. The Morgan fingerprint density at radius 3 is 2.32 bits per heavy atom. The van der Waals surface area contributed by atoms with Crippen LogP contribution in [-0.2, 0) is 14.8 Å². The highest BCUT2D eigenvalue weighted by Gasteiger charge is 2.33. The second-order valence-electron chi connectivity index (χ2n) is 7.21. The van der Waals surface area contributed by atoms with Crippen LogP contribution in [0.3, 0.4) is 0 Å². The van der Waals surface area contributed by atoms with E-state index in [-0.39, 0.29) is 17.9 Å². The Kier molecular flexibility index (Phi) is 5.46. The van der Waals surface area contributed by atoms with Crippen LogP contribution in [0.5, 0.6) is 0 Å². The zero-order chi connectivity index (χ0) is 18.0. The molecule has 0 aromatic heterocycles. The number of nitrogens with zero attached hydrogens (tertiary/aromatic N) is 1. The highest BCUT2D eigenvalue weighted by atomic mass is 32.2. The van der Waals surface area contributed by atoms with Crippen molar-refractivity contribution in [1.82, 2.24) is 14.9 Å². The molecule has 0 bridgehead atoms. The normalized spacial score (nSPS) is 21.5. The summed E-state index contributed by atoms with van der Waals surface area (Å²) in [7, 11) is -3.44. The van der Waals surface area contributed by atoms with Gasteiger partial charge in [0, 0.05) is 25.0 Å². The molecule has 7 heteroatoms. The van der Waals surface area contributed by atoms with Gasteiger partial charge < -0.3 is 10.6 Å². The molecule has 1 aromatic carbocycles. The average Bonchev–Trinajstić information content (AvgIpc) is 2.54. The van der Waals surface area contributed by atoms with E-state index in [1.807, 2.05) is 26.0 Å². The van der Waals surface area contributed by atoms with E-state index in [1.165, 1.54) is 4.31 Å². The molecular formula is C18H27N3O3S. The number of amides is 1. The lowest BCUT2D eigenvalue weighted by molar-refractivity contribution is -0.127. The summed E-state index contributed by atoms with van der Waals surface area (Å²) in [5.41, 5.74) is 1.04. The van der Waals surface area contributed by atoms with Crippen LogP contribution in [-0.4, -0.2) is 50.9 Å². The Bertz CT molecular complexity index is 706. The number of carbonyl (C=O) groups excluding carboxylic acids is 1. The molecule has 1 aromatic rings. The predicted molar refractivity (Wildman–Crippen MR) is 96.6 cm³/mol. The third-order valence-electron chi connectivity index (χ3n) is 5.39. The molecule has 25 heavy (non-hydrogen) atoms. The standard InChI is InChI=1S/C18H27N3O3S/c1-13-3-5-17(6-4-13)25(23,24)21-9-7-16(8-10-21)20-18(22)14(2)15-11-19-12-15/h3-6,14-16,19H,7-12H2,1-2H3,(H,20,22). The smallest absolute Gasteiger partial charge is 0.243 e. The highest BCUT2D eigenvalue weighted by Crippen LogP contribution is 2.22. The first kappa shape index (κ1) is 18.4. The topological polar surface area (TPSA) is 78.5 Å². The van der Waals surface area contributed by atoms with E-state index in [0.29, 0.717) is 36.7 Å². The van der Waals surface area contributed by atoms with E-state index in [1.54, 1.807) is 12.1 Å². The Hall–Kier alpha value is -1.44. The maximum absolute atomic E-state index is 12.7. The van der Waals surface area contributed by atoms with Crippen molar-refractivity contribution in [1.29, 1.82) is 0 Å². The molecule has 0 spiro atoms. The first-order valence-electron chi connectivity index (χ1n) is 8.96. The quantitative estimate of drug-likeness (QED) is 0.820. The zero-order valence-corrected chi connectivity index (χ0v) is 15.7. The number of aryl methyl sites for hydroxylation is 1. The maximum Gasteiger partial charge on any atom is 0.243 e. The fraction of sp³-hybridized carbons (Fsp3) is 0.611. The molecule has 138 valence electrons. The van der Waals surface area contributed by atoms with Gasteiger partial charge in [-0.25, -0.2) is 8.42 Å². The van der Waals surface area contributed by atoms with Gasteiger partial charge in [0.2, 0.25) is 15.9 Å². The number of carbonyl (C=O) groups is 1. The minimum absolute atomic E-state index is 0.00979. The van der Waals surface area contributed by atoms with Gasteiger partial charge in [0.05, 0.1) is 4.90 Å². The molecular weight excluding hydrogens is 338 g/mol. The Labute approximate surface area is 150 Å². The van der Waals surface area contributed by atoms with Crippen LogP contribution in [0.25, 0.3) is 0 Å². The minimum Gasteiger partial charge on any atom is -0.353 e. The summed E-state index contributed by atoms with van der Waals surface area (Å²) >= 11 is 0. The molecule has 2 N–H and O–H groups in total. The third kappa shape index (κ3) is 4.04. The Morgan fingerprint density at radius 1 is 1.20 bits per heavy atom. The van der Waals surface area contributed by atoms with Crippen LogP contribution in [0.1, 0.15) is 25.3 Å². The van der Waals surface area contributed by atoms with Gasteiger partial charge in [-0.05, 0) is 50.9 Å². The molecule has 0 aliphatic carbocycles. The van der Waals surface area contributed by atoms with Gasteiger partial charge in [-0.3, -0.25) is 4.79 Å². The van der Waals surface area contributed by atoms with E-state index in [9.17, 15) is 13.2 Å². The van der Waals surface area contributed by atoms with Crippen LogP contribution in [0, 0.1) is 18.8 Å². The largest absolute Gasteiger partial charge is 0.353 e. The van der Waals surface area contributed by atoms with E-state index in [2.05, 4.69) is 10.6 Å². The fourth-order valence-electron chi connectivity index (χ4n) is 3.31. The van der Waals surface area contributed by atoms with Gasteiger partial charge in [-0.2, -0.15) is 4.31 Å². The van der Waals surface area contributed by atoms with Crippen molar-refractivity contribution in [2.75, 3.05) is 26.2 Å². The third-order valence-corrected chi connectivity index (χ3v) is 7.31. The van der Waals surface area contributed by atoms with Gasteiger partial charge in [0.15, 0.2) is 0 Å². The predicted octanol–water partition coefficient (Wildman–Crippen LogP) is 1.12. The lowest BCUT2D eigenvalue weighted by Gasteiger charge is -2.35. The van der Waals surface area contributed by atoms with Crippen LogP contribution in [0.2, 0.25) is 0 Å². The van der Waals surface area contributed by atoms with E-state index >= 15 is 0 Å². The number of piperidine rings is 1. The number of sulfonamides is 1. The number of hydrogen-bond donors (Lipinski definition) is 2. The molecule has 1 unspecified atom stereocenters. The summed E-state index contributed by atoms with van der Waals surface area (Å²) in [5.74, 6) is 0.518. The first-order chi connectivity index (χ1) is 11.9. The molecule has 0 saturated carbocycles. The number of nitrogens with one attached hydrogen (secondary N) is 2. The molecule has 6 nitrogen and oxygen atoms in total. The number of rotatable bonds is 5. The van der Waals surface area contributed by atoms with Gasteiger partial charge in [0.1, 0.15) is 0 Å². The lowest BCUT2D eigenvalue weighted by atomic mass is 9.88. The van der Waals surface area contributed by atoms with Crippen molar-refractivity contribution < 1.29 is 13.2 Å². The average molecular weight is 365 g/mol. The number of benzene rings is 1. The van der Waals surface area contributed by atoms with Crippen molar-refractivity contribution in [3.8, 4) is 0 Å². The van der Waals surface area contributed by atoms with Crippen LogP contribution >= 0.6 is 0 Å². The van der Waals surface area contributed by atoms with E-state index in [4.69, 9.17) is 0 Å². The summed E-state index contributed by atoms with van der Waals surface area (Å²) in [5, 5.41) is 6.29. The van der Waals surface area contributed by atoms with Crippen LogP contribution in [0.15, 0.2) is 29.2 Å². The Balaban J connectivity index is 1.54. The molecule has 2 saturated heterocycles. The van der Waals surface area contributed by atoms with Gasteiger partial charge in [0.25, 0.3) is 0 Å². The first-order valence-corrected chi connectivity index (χ1v) is 10.4. The zero-order valence-electron chi connectivity index (χ0n) is 14.9. The Morgan fingerprint density at radius 2 is 1.80 bits per heavy atom. The molecule has 1 amide bonds. The monoisotopic (exact) mass is 365 g/mol. The van der Waals surface area contributed by atoms with Crippen molar-refractivity contribution in [3.05, 3.63) is 29.8 Å². The maximum atomic E-state index is 12.7. The number of hydrogen-bond acceptors (Lipinski definition) is 4. The van der Waals surface area contributed by atoms with Crippen molar-refractivity contribution >= 4 is 15.9 Å². The van der Waals surface area contributed by atoms with Gasteiger partial charge in [-0.1, -0.05) is 24.6 Å². The SMILES string of the molecule is Cc1ccc(S(=O)(=O)N2CCC(NC(=O)C(C)C3CNC3)CC2)cc1. The molecule has 2 fully saturated rings. The second-order valence-corrected chi connectivity index (χ2v) is 9.14. The van der Waals surface area contributed by atoms with E-state index < -0.39 is 10.0 Å². The van der Waals surface area contributed by atoms with Crippen molar-refractivity contribution in [3.63, 3.8) is 0 Å². The fourth-order valence-corrected chi connectivity index (χ4v) is 4.78. The van der Waals surface area contributed by atoms with E-state index in [0.717, 1.165) is 18.7 Å². The van der Waals surface area contributed by atoms with Gasteiger partial charge in [-0.15, -0.1) is 0 Å². The van der Waals surface area contributed by atoms with Crippen LogP contribution < -0.4 is 10.6 Å². The lowest BCUT2D eigenvalue weighted by Crippen LogP contribution is -2.52. The highest BCUT2D eigenvalue weighted by molar-refractivity contribution is 7.89. The van der Waals surface area contributed by atoms with Crippen molar-refractivity contribution in [2.24, 2.45) is 11.8 Å².